The number of ether oxygens (including phenoxy) is 1. The Labute approximate surface area is 168 Å². The summed E-state index contributed by atoms with van der Waals surface area (Å²) in [6, 6.07) is 6.75. The van der Waals surface area contributed by atoms with E-state index in [0.717, 1.165) is 24.2 Å². The van der Waals surface area contributed by atoms with Crippen molar-refractivity contribution in [3.8, 4) is 0 Å². The average Bonchev–Trinajstić information content (AvgIpc) is 2.86. The number of nitrogens with one attached hydrogen (secondary N) is 1. The molecule has 1 aliphatic rings. The molecule has 152 valence electrons. The highest BCUT2D eigenvalue weighted by molar-refractivity contribution is 6.33. The highest BCUT2D eigenvalue weighted by atomic mass is 35.5. The number of para-hydroxylation sites is 1. The number of hydrogen-bond acceptors (Lipinski definition) is 5. The molecule has 1 N–H and O–H groups in total. The molecule has 8 nitrogen and oxygen atoms in total. The number of likely N-dealkylation sites (N-methyl/N-ethyl adjacent to an activating group) is 1. The molecule has 0 spiro atoms. The molecule has 1 saturated heterocycles. The fourth-order valence-electron chi connectivity index (χ4n) is 2.72. The van der Waals surface area contributed by atoms with Crippen molar-refractivity contribution < 1.29 is 23.9 Å². The summed E-state index contributed by atoms with van der Waals surface area (Å²) in [6.45, 7) is -0.351. The fourth-order valence-corrected chi connectivity index (χ4v) is 2.90. The zero-order chi connectivity index (χ0) is 20.5. The molecule has 2 rings (SSSR count). The molecule has 1 aromatic carbocycles. The number of carbonyl (C=O) groups is 4. The number of rotatable bonds is 7. The van der Waals surface area contributed by atoms with Crippen LogP contribution in [0, 0.1) is 0 Å². The smallest absolute Gasteiger partial charge is 0.326 e. The average molecular weight is 410 g/mol. The van der Waals surface area contributed by atoms with Gasteiger partial charge in [-0.3, -0.25) is 19.2 Å². The van der Waals surface area contributed by atoms with Crippen LogP contribution < -0.4 is 5.32 Å². The van der Waals surface area contributed by atoms with Crippen LogP contribution in [0.25, 0.3) is 0 Å². The van der Waals surface area contributed by atoms with E-state index in [-0.39, 0.29) is 19.0 Å². The summed E-state index contributed by atoms with van der Waals surface area (Å²) >= 11 is 5.97. The first-order valence-electron chi connectivity index (χ1n) is 9.08. The molecule has 0 bridgehead atoms. The first-order chi connectivity index (χ1) is 13.4. The molecular formula is C19H24ClN3O5. The number of nitrogens with zero attached hydrogens (tertiary/aromatic N) is 2. The lowest BCUT2D eigenvalue weighted by Crippen LogP contribution is -2.39. The number of halogens is 1. The van der Waals surface area contributed by atoms with Gasteiger partial charge in [-0.25, -0.2) is 0 Å². The maximum Gasteiger partial charge on any atom is 0.326 e. The van der Waals surface area contributed by atoms with Crippen molar-refractivity contribution in [2.45, 2.75) is 25.7 Å². The molecule has 1 aromatic rings. The van der Waals surface area contributed by atoms with Gasteiger partial charge in [0.25, 0.3) is 5.91 Å². The summed E-state index contributed by atoms with van der Waals surface area (Å²) in [6.07, 6.45) is 3.05. The van der Waals surface area contributed by atoms with E-state index in [1.165, 1.54) is 11.9 Å². The molecule has 1 fully saturated rings. The Morgan fingerprint density at radius 1 is 1.21 bits per heavy atom. The predicted octanol–water partition coefficient (Wildman–Crippen LogP) is 1.68. The molecule has 3 amide bonds. The summed E-state index contributed by atoms with van der Waals surface area (Å²) in [5.41, 5.74) is 0.448. The molecule has 0 aliphatic carbocycles. The number of hydrogen-bond donors (Lipinski definition) is 1. The van der Waals surface area contributed by atoms with Crippen LogP contribution in [0.3, 0.4) is 0 Å². The molecule has 1 heterocycles. The normalized spacial score (nSPS) is 14.2. The van der Waals surface area contributed by atoms with E-state index in [0.29, 0.717) is 23.7 Å². The number of esters is 1. The summed E-state index contributed by atoms with van der Waals surface area (Å²) in [4.78, 5) is 50.5. The molecule has 0 aromatic heterocycles. The van der Waals surface area contributed by atoms with Crippen molar-refractivity contribution in [3.63, 3.8) is 0 Å². The molecular weight excluding hydrogens is 386 g/mol. The predicted molar refractivity (Wildman–Crippen MR) is 104 cm³/mol. The van der Waals surface area contributed by atoms with Crippen LogP contribution in [0.5, 0.6) is 0 Å². The topological polar surface area (TPSA) is 96.0 Å². The van der Waals surface area contributed by atoms with E-state index < -0.39 is 24.4 Å². The maximum absolute atomic E-state index is 12.1. The highest BCUT2D eigenvalue weighted by Gasteiger charge is 2.21. The van der Waals surface area contributed by atoms with Crippen LogP contribution in [0.4, 0.5) is 5.69 Å². The van der Waals surface area contributed by atoms with Crippen LogP contribution >= 0.6 is 11.6 Å². The van der Waals surface area contributed by atoms with Crippen molar-refractivity contribution in [1.29, 1.82) is 0 Å². The molecule has 0 radical (unpaired) electrons. The van der Waals surface area contributed by atoms with Crippen molar-refractivity contribution >= 4 is 41.0 Å². The Morgan fingerprint density at radius 3 is 2.71 bits per heavy atom. The van der Waals surface area contributed by atoms with Gasteiger partial charge in [0.1, 0.15) is 6.54 Å². The number of anilines is 1. The lowest BCUT2D eigenvalue weighted by molar-refractivity contribution is -0.154. The van der Waals surface area contributed by atoms with Gasteiger partial charge in [0.15, 0.2) is 6.61 Å². The number of carbonyl (C=O) groups excluding carboxylic acids is 4. The van der Waals surface area contributed by atoms with E-state index in [2.05, 4.69) is 5.32 Å². The molecule has 28 heavy (non-hydrogen) atoms. The third kappa shape index (κ3) is 6.84. The summed E-state index contributed by atoms with van der Waals surface area (Å²) in [7, 11) is 1.43. The van der Waals surface area contributed by atoms with Gasteiger partial charge >= 0.3 is 5.97 Å². The van der Waals surface area contributed by atoms with Crippen LogP contribution in [-0.2, 0) is 23.9 Å². The fraction of sp³-hybridized carbons (Fsp3) is 0.474. The van der Waals surface area contributed by atoms with Gasteiger partial charge in [-0.15, -0.1) is 0 Å². The van der Waals surface area contributed by atoms with E-state index in [1.807, 2.05) is 0 Å². The Bertz CT molecular complexity index is 740. The van der Waals surface area contributed by atoms with Crippen LogP contribution in [0.2, 0.25) is 5.02 Å². The van der Waals surface area contributed by atoms with E-state index in [9.17, 15) is 19.2 Å². The van der Waals surface area contributed by atoms with Gasteiger partial charge in [0.2, 0.25) is 11.8 Å². The van der Waals surface area contributed by atoms with Crippen molar-refractivity contribution in [1.82, 2.24) is 9.80 Å². The van der Waals surface area contributed by atoms with Gasteiger partial charge < -0.3 is 19.9 Å². The minimum Gasteiger partial charge on any atom is -0.454 e. The maximum atomic E-state index is 12.1. The zero-order valence-corrected chi connectivity index (χ0v) is 16.5. The molecule has 1 aliphatic heterocycles. The van der Waals surface area contributed by atoms with Gasteiger partial charge in [0, 0.05) is 20.0 Å². The Hall–Kier alpha value is -2.61. The first kappa shape index (κ1) is 21.7. The first-order valence-corrected chi connectivity index (χ1v) is 9.46. The van der Waals surface area contributed by atoms with Gasteiger partial charge in [-0.05, 0) is 25.0 Å². The quantitative estimate of drug-likeness (QED) is 0.691. The second-order valence-electron chi connectivity index (χ2n) is 6.56. The third-order valence-electron chi connectivity index (χ3n) is 4.30. The van der Waals surface area contributed by atoms with Crippen molar-refractivity contribution in [2.75, 3.05) is 38.6 Å². The molecule has 0 unspecified atom stereocenters. The van der Waals surface area contributed by atoms with E-state index in [4.69, 9.17) is 16.3 Å². The monoisotopic (exact) mass is 409 g/mol. The summed E-state index contributed by atoms with van der Waals surface area (Å²) < 4.78 is 4.96. The number of likely N-dealkylation sites (tertiary alicyclic amines) is 1. The summed E-state index contributed by atoms with van der Waals surface area (Å²) in [5.74, 6) is -1.66. The minimum absolute atomic E-state index is 0.0749. The molecule has 9 heteroatoms. The number of amides is 3. The Morgan fingerprint density at radius 2 is 1.96 bits per heavy atom. The van der Waals surface area contributed by atoms with Crippen LogP contribution in [0.1, 0.15) is 25.7 Å². The largest absolute Gasteiger partial charge is 0.454 e. The summed E-state index contributed by atoms with van der Waals surface area (Å²) in [5, 5.41) is 3.00. The lowest BCUT2D eigenvalue weighted by atomic mass is 10.2. The van der Waals surface area contributed by atoms with Gasteiger partial charge in [0.05, 0.1) is 17.3 Å². The van der Waals surface area contributed by atoms with Gasteiger partial charge in [-0.1, -0.05) is 30.2 Å². The highest BCUT2D eigenvalue weighted by Crippen LogP contribution is 2.20. The van der Waals surface area contributed by atoms with Crippen molar-refractivity contribution in [3.05, 3.63) is 29.3 Å². The third-order valence-corrected chi connectivity index (χ3v) is 4.63. The SMILES string of the molecule is CN(CC(=O)Nc1ccccc1Cl)C(=O)COC(=O)CN1CCCCCC1=O. The van der Waals surface area contributed by atoms with Crippen molar-refractivity contribution in [2.24, 2.45) is 0 Å². The van der Waals surface area contributed by atoms with Gasteiger partial charge in [-0.2, -0.15) is 0 Å². The second kappa shape index (κ2) is 10.7. The minimum atomic E-state index is -0.641. The number of benzene rings is 1. The van der Waals surface area contributed by atoms with E-state index in [1.54, 1.807) is 24.3 Å². The molecule has 0 atom stereocenters. The van der Waals surface area contributed by atoms with Crippen LogP contribution in [0.15, 0.2) is 24.3 Å². The van der Waals surface area contributed by atoms with E-state index >= 15 is 0 Å². The standard InChI is InChI=1S/C19H24ClN3O5/c1-22(11-16(24)21-15-8-5-4-7-14(15)20)18(26)13-28-19(27)12-23-10-6-2-3-9-17(23)25/h4-5,7-8H,2-3,6,9-13H2,1H3,(H,21,24). The second-order valence-corrected chi connectivity index (χ2v) is 6.97. The molecule has 0 saturated carbocycles. The van der Waals surface area contributed by atoms with Crippen LogP contribution in [-0.4, -0.2) is 66.8 Å². The lowest BCUT2D eigenvalue weighted by Gasteiger charge is -2.20. The Balaban J connectivity index is 1.74. The zero-order valence-electron chi connectivity index (χ0n) is 15.8. The Kier molecular flexibility index (Phi) is 8.25.